The van der Waals surface area contributed by atoms with Crippen molar-refractivity contribution in [2.75, 3.05) is 26.4 Å². The Morgan fingerprint density at radius 2 is 2.25 bits per heavy atom. The molecule has 2 fully saturated rings. The summed E-state index contributed by atoms with van der Waals surface area (Å²) in [5.74, 6) is 0. The highest BCUT2D eigenvalue weighted by atomic mass is 16.5. The zero-order chi connectivity index (χ0) is 11.2. The molecule has 2 N–H and O–H groups in total. The van der Waals surface area contributed by atoms with Crippen LogP contribution in [0.25, 0.3) is 0 Å². The molecule has 2 unspecified atom stereocenters. The molecule has 1 aliphatic heterocycles. The first-order valence-electron chi connectivity index (χ1n) is 6.44. The van der Waals surface area contributed by atoms with Gasteiger partial charge in [0.15, 0.2) is 0 Å². The van der Waals surface area contributed by atoms with Crippen LogP contribution in [0.5, 0.6) is 0 Å². The van der Waals surface area contributed by atoms with E-state index in [0.717, 1.165) is 25.9 Å². The van der Waals surface area contributed by atoms with E-state index >= 15 is 0 Å². The third-order valence-electron chi connectivity index (χ3n) is 3.21. The summed E-state index contributed by atoms with van der Waals surface area (Å²) in [4.78, 5) is 0. The monoisotopic (exact) mass is 229 g/mol. The minimum Gasteiger partial charge on any atom is -0.395 e. The van der Waals surface area contributed by atoms with Crippen molar-refractivity contribution in [1.29, 1.82) is 0 Å². The quantitative estimate of drug-likeness (QED) is 0.601. The molecular weight excluding hydrogens is 206 g/mol. The Bertz CT molecular complexity index is 191. The summed E-state index contributed by atoms with van der Waals surface area (Å²) in [6.07, 6.45) is 6.00. The standard InChI is InChI=1S/C12H23NO3/c14-8-11(13-10-3-4-10)5-7-15-9-12-2-1-6-16-12/h10-14H,1-9H2. The van der Waals surface area contributed by atoms with E-state index in [4.69, 9.17) is 9.47 Å². The van der Waals surface area contributed by atoms with E-state index < -0.39 is 0 Å². The molecule has 2 aliphatic rings. The van der Waals surface area contributed by atoms with E-state index in [0.29, 0.717) is 25.4 Å². The maximum atomic E-state index is 9.17. The van der Waals surface area contributed by atoms with Crippen LogP contribution in [-0.4, -0.2) is 49.7 Å². The highest BCUT2D eigenvalue weighted by molar-refractivity contribution is 4.84. The zero-order valence-corrected chi connectivity index (χ0v) is 9.86. The summed E-state index contributed by atoms with van der Waals surface area (Å²) in [6.45, 7) is 2.52. The van der Waals surface area contributed by atoms with Gasteiger partial charge in [-0.15, -0.1) is 0 Å². The Morgan fingerprint density at radius 3 is 2.88 bits per heavy atom. The maximum Gasteiger partial charge on any atom is 0.0809 e. The van der Waals surface area contributed by atoms with E-state index in [1.54, 1.807) is 0 Å². The van der Waals surface area contributed by atoms with E-state index in [1.807, 2.05) is 0 Å². The number of aliphatic hydroxyl groups excluding tert-OH is 1. The van der Waals surface area contributed by atoms with E-state index in [2.05, 4.69) is 5.32 Å². The normalized spacial score (nSPS) is 27.2. The number of hydrogen-bond acceptors (Lipinski definition) is 4. The summed E-state index contributed by atoms with van der Waals surface area (Å²) in [7, 11) is 0. The second-order valence-corrected chi connectivity index (χ2v) is 4.82. The summed E-state index contributed by atoms with van der Waals surface area (Å²) in [5, 5.41) is 12.6. The lowest BCUT2D eigenvalue weighted by molar-refractivity contribution is 0.0131. The van der Waals surface area contributed by atoms with Crippen molar-refractivity contribution in [2.24, 2.45) is 0 Å². The lowest BCUT2D eigenvalue weighted by Crippen LogP contribution is -2.35. The molecule has 0 aromatic rings. The van der Waals surface area contributed by atoms with Gasteiger partial charge in [-0.3, -0.25) is 0 Å². The lowest BCUT2D eigenvalue weighted by atomic mass is 10.2. The summed E-state index contributed by atoms with van der Waals surface area (Å²) >= 11 is 0. The summed E-state index contributed by atoms with van der Waals surface area (Å²) in [6, 6.07) is 0.854. The van der Waals surface area contributed by atoms with Crippen LogP contribution in [0.1, 0.15) is 32.1 Å². The van der Waals surface area contributed by atoms with Gasteiger partial charge in [-0.1, -0.05) is 0 Å². The Labute approximate surface area is 97.3 Å². The third-order valence-corrected chi connectivity index (χ3v) is 3.21. The van der Waals surface area contributed by atoms with Gasteiger partial charge in [-0.05, 0) is 32.1 Å². The number of hydrogen-bond donors (Lipinski definition) is 2. The number of rotatable bonds is 8. The van der Waals surface area contributed by atoms with Gasteiger partial charge in [-0.2, -0.15) is 0 Å². The van der Waals surface area contributed by atoms with Gasteiger partial charge in [0.25, 0.3) is 0 Å². The van der Waals surface area contributed by atoms with Crippen molar-refractivity contribution in [1.82, 2.24) is 5.32 Å². The fraction of sp³-hybridized carbons (Fsp3) is 1.00. The summed E-state index contributed by atoms with van der Waals surface area (Å²) < 4.78 is 11.0. The lowest BCUT2D eigenvalue weighted by Gasteiger charge is -2.16. The first-order chi connectivity index (χ1) is 7.88. The minimum atomic E-state index is 0.206. The molecule has 1 heterocycles. The Balaban J connectivity index is 1.48. The van der Waals surface area contributed by atoms with Crippen LogP contribution in [0.15, 0.2) is 0 Å². The van der Waals surface area contributed by atoms with Gasteiger partial charge in [0.05, 0.1) is 19.3 Å². The highest BCUT2D eigenvalue weighted by Crippen LogP contribution is 2.19. The predicted octanol–water partition coefficient (Wildman–Crippen LogP) is 0.685. The fourth-order valence-electron chi connectivity index (χ4n) is 2.03. The molecule has 0 aromatic heterocycles. The number of ether oxygens (including phenoxy) is 2. The van der Waals surface area contributed by atoms with Crippen molar-refractivity contribution in [3.63, 3.8) is 0 Å². The molecule has 4 heteroatoms. The first kappa shape index (κ1) is 12.3. The second kappa shape index (κ2) is 6.55. The molecular formula is C12H23NO3. The van der Waals surface area contributed by atoms with Crippen molar-refractivity contribution >= 4 is 0 Å². The van der Waals surface area contributed by atoms with Crippen molar-refractivity contribution in [2.45, 2.75) is 50.3 Å². The second-order valence-electron chi connectivity index (χ2n) is 4.82. The Kier molecular flexibility index (Phi) is 5.03. The Morgan fingerprint density at radius 1 is 1.38 bits per heavy atom. The van der Waals surface area contributed by atoms with Crippen LogP contribution in [0.4, 0.5) is 0 Å². The number of nitrogens with one attached hydrogen (secondary N) is 1. The molecule has 2 atom stereocenters. The minimum absolute atomic E-state index is 0.206. The molecule has 4 nitrogen and oxygen atoms in total. The topological polar surface area (TPSA) is 50.7 Å². The van der Waals surface area contributed by atoms with Gasteiger partial charge < -0.3 is 19.9 Å². The molecule has 1 saturated heterocycles. The van der Waals surface area contributed by atoms with Crippen LogP contribution < -0.4 is 5.32 Å². The van der Waals surface area contributed by atoms with E-state index in [1.165, 1.54) is 12.8 Å². The van der Waals surface area contributed by atoms with Crippen LogP contribution in [0.3, 0.4) is 0 Å². The maximum absolute atomic E-state index is 9.17. The molecule has 0 aromatic carbocycles. The zero-order valence-electron chi connectivity index (χ0n) is 9.86. The van der Waals surface area contributed by atoms with Gasteiger partial charge in [-0.25, -0.2) is 0 Å². The third kappa shape index (κ3) is 4.37. The van der Waals surface area contributed by atoms with Crippen molar-refractivity contribution in [3.8, 4) is 0 Å². The molecule has 94 valence electrons. The fourth-order valence-corrected chi connectivity index (χ4v) is 2.03. The molecule has 1 saturated carbocycles. The van der Waals surface area contributed by atoms with Gasteiger partial charge >= 0.3 is 0 Å². The molecule has 16 heavy (non-hydrogen) atoms. The number of aliphatic hydroxyl groups is 1. The molecule has 0 radical (unpaired) electrons. The van der Waals surface area contributed by atoms with Gasteiger partial charge in [0, 0.05) is 25.3 Å². The average Bonchev–Trinajstić information content (AvgIpc) is 2.96. The molecule has 2 rings (SSSR count). The van der Waals surface area contributed by atoms with Crippen LogP contribution >= 0.6 is 0 Å². The molecule has 0 bridgehead atoms. The van der Waals surface area contributed by atoms with Gasteiger partial charge in [0.1, 0.15) is 0 Å². The first-order valence-corrected chi connectivity index (χ1v) is 6.44. The van der Waals surface area contributed by atoms with E-state index in [9.17, 15) is 5.11 Å². The smallest absolute Gasteiger partial charge is 0.0809 e. The average molecular weight is 229 g/mol. The van der Waals surface area contributed by atoms with Crippen molar-refractivity contribution < 1.29 is 14.6 Å². The molecule has 0 spiro atoms. The largest absolute Gasteiger partial charge is 0.395 e. The van der Waals surface area contributed by atoms with Crippen molar-refractivity contribution in [3.05, 3.63) is 0 Å². The van der Waals surface area contributed by atoms with Crippen LogP contribution in [0, 0.1) is 0 Å². The molecule has 1 aliphatic carbocycles. The Hall–Kier alpha value is -0.160. The van der Waals surface area contributed by atoms with E-state index in [-0.39, 0.29) is 12.6 Å². The van der Waals surface area contributed by atoms with Gasteiger partial charge in [0.2, 0.25) is 0 Å². The predicted molar refractivity (Wildman–Crippen MR) is 61.4 cm³/mol. The van der Waals surface area contributed by atoms with Crippen LogP contribution in [-0.2, 0) is 9.47 Å². The highest BCUT2D eigenvalue weighted by Gasteiger charge is 2.24. The molecule has 0 amide bonds. The SMILES string of the molecule is OCC(CCOCC1CCCO1)NC1CC1. The summed E-state index contributed by atoms with van der Waals surface area (Å²) in [5.41, 5.74) is 0. The van der Waals surface area contributed by atoms with Crippen LogP contribution in [0.2, 0.25) is 0 Å².